The summed E-state index contributed by atoms with van der Waals surface area (Å²) >= 11 is 0. The molecular weight excluding hydrogens is 216 g/mol. The molecule has 0 unspecified atom stereocenters. The van der Waals surface area contributed by atoms with Crippen LogP contribution in [0.15, 0.2) is 29.5 Å². The molecule has 0 radical (unpaired) electrons. The first-order chi connectivity index (χ1) is 7.95. The van der Waals surface area contributed by atoms with Gasteiger partial charge >= 0.3 is 0 Å². The smallest absolute Gasteiger partial charge is 0.260 e. The Morgan fingerprint density at radius 3 is 2.53 bits per heavy atom. The summed E-state index contributed by atoms with van der Waals surface area (Å²) in [4.78, 5) is 11.7. The Balaban J connectivity index is 2.96. The number of hydrogen-bond acceptors (Lipinski definition) is 3. The van der Waals surface area contributed by atoms with E-state index in [0.717, 1.165) is 17.3 Å². The maximum atomic E-state index is 11.7. The lowest BCUT2D eigenvalue weighted by Gasteiger charge is -2.09. The maximum absolute atomic E-state index is 11.7. The van der Waals surface area contributed by atoms with Gasteiger partial charge in [-0.3, -0.25) is 4.79 Å². The molecule has 1 amide bonds. The fourth-order valence-electron chi connectivity index (χ4n) is 1.48. The second kappa shape index (κ2) is 5.30. The SMILES string of the molecule is C/C(O)=C(\C=N)C(=O)Nc1ccc(C)cc1C. The van der Waals surface area contributed by atoms with E-state index in [9.17, 15) is 9.90 Å². The summed E-state index contributed by atoms with van der Waals surface area (Å²) in [6.45, 7) is 5.24. The van der Waals surface area contributed by atoms with E-state index in [4.69, 9.17) is 5.41 Å². The minimum absolute atomic E-state index is 0.0371. The Hall–Kier alpha value is -2.10. The molecule has 3 N–H and O–H groups in total. The van der Waals surface area contributed by atoms with E-state index in [2.05, 4.69) is 5.32 Å². The van der Waals surface area contributed by atoms with Crippen LogP contribution in [0.2, 0.25) is 0 Å². The van der Waals surface area contributed by atoms with E-state index < -0.39 is 5.91 Å². The summed E-state index contributed by atoms with van der Waals surface area (Å²) < 4.78 is 0. The summed E-state index contributed by atoms with van der Waals surface area (Å²) in [5, 5.41) is 19.0. The largest absolute Gasteiger partial charge is 0.512 e. The number of anilines is 1. The van der Waals surface area contributed by atoms with Crippen molar-refractivity contribution in [3.05, 3.63) is 40.7 Å². The van der Waals surface area contributed by atoms with Gasteiger partial charge in [0, 0.05) is 11.9 Å². The van der Waals surface area contributed by atoms with Crippen molar-refractivity contribution in [3.8, 4) is 0 Å². The summed E-state index contributed by atoms with van der Waals surface area (Å²) in [6, 6.07) is 5.65. The molecule has 1 aromatic rings. The average molecular weight is 232 g/mol. The number of benzene rings is 1. The molecule has 0 aliphatic carbocycles. The molecule has 0 aromatic heterocycles. The lowest BCUT2D eigenvalue weighted by Crippen LogP contribution is -2.17. The van der Waals surface area contributed by atoms with Crippen LogP contribution in [-0.4, -0.2) is 17.2 Å². The summed E-state index contributed by atoms with van der Waals surface area (Å²) in [5.41, 5.74) is 2.70. The van der Waals surface area contributed by atoms with Crippen molar-refractivity contribution in [1.82, 2.24) is 0 Å². The number of rotatable bonds is 3. The van der Waals surface area contributed by atoms with E-state index in [0.29, 0.717) is 5.69 Å². The van der Waals surface area contributed by atoms with Crippen LogP contribution in [0.4, 0.5) is 5.69 Å². The van der Waals surface area contributed by atoms with Gasteiger partial charge in [0.05, 0.1) is 5.57 Å². The standard InChI is InChI=1S/C13H16N2O2/c1-8-4-5-12(9(2)6-8)15-13(17)11(7-14)10(3)16/h4-7,14,16H,1-3H3,(H,15,17)/b11-10-,14-7?. The second-order valence-corrected chi connectivity index (χ2v) is 3.92. The summed E-state index contributed by atoms with van der Waals surface area (Å²) in [5.74, 6) is -0.644. The van der Waals surface area contributed by atoms with Crippen LogP contribution in [0.25, 0.3) is 0 Å². The number of carbonyl (C=O) groups is 1. The third kappa shape index (κ3) is 3.17. The van der Waals surface area contributed by atoms with Crippen LogP contribution in [0, 0.1) is 19.3 Å². The van der Waals surface area contributed by atoms with Gasteiger partial charge in [-0.15, -0.1) is 0 Å². The van der Waals surface area contributed by atoms with Crippen molar-refractivity contribution >= 4 is 17.8 Å². The third-order valence-corrected chi connectivity index (χ3v) is 2.41. The highest BCUT2D eigenvalue weighted by Crippen LogP contribution is 2.16. The van der Waals surface area contributed by atoms with E-state index in [1.54, 1.807) is 6.07 Å². The molecule has 0 aliphatic rings. The Kier molecular flexibility index (Phi) is 4.04. The van der Waals surface area contributed by atoms with Gasteiger partial charge in [-0.2, -0.15) is 0 Å². The molecule has 1 rings (SSSR count). The molecule has 0 atom stereocenters. The molecule has 0 saturated carbocycles. The highest BCUT2D eigenvalue weighted by molar-refractivity contribution is 6.17. The zero-order valence-electron chi connectivity index (χ0n) is 10.2. The molecule has 0 fully saturated rings. The van der Waals surface area contributed by atoms with Crippen molar-refractivity contribution in [2.75, 3.05) is 5.32 Å². The van der Waals surface area contributed by atoms with Crippen LogP contribution >= 0.6 is 0 Å². The number of allylic oxidation sites excluding steroid dienone is 1. The Labute approximate surface area is 100 Å². The predicted octanol–water partition coefficient (Wildman–Crippen LogP) is 2.72. The third-order valence-electron chi connectivity index (χ3n) is 2.41. The summed E-state index contributed by atoms with van der Waals surface area (Å²) in [6.07, 6.45) is 0.841. The zero-order valence-corrected chi connectivity index (χ0v) is 10.2. The molecule has 17 heavy (non-hydrogen) atoms. The van der Waals surface area contributed by atoms with E-state index in [1.807, 2.05) is 26.0 Å². The van der Waals surface area contributed by atoms with E-state index >= 15 is 0 Å². The van der Waals surface area contributed by atoms with Gasteiger partial charge in [0.25, 0.3) is 5.91 Å². The van der Waals surface area contributed by atoms with Crippen molar-refractivity contribution in [3.63, 3.8) is 0 Å². The lowest BCUT2D eigenvalue weighted by atomic mass is 10.1. The Bertz CT molecular complexity index is 486. The number of nitrogens with one attached hydrogen (secondary N) is 2. The number of aliphatic hydroxyl groups excluding tert-OH is 1. The highest BCUT2D eigenvalue weighted by atomic mass is 16.3. The molecule has 0 saturated heterocycles. The van der Waals surface area contributed by atoms with Crippen molar-refractivity contribution in [2.45, 2.75) is 20.8 Å². The molecule has 0 heterocycles. The predicted molar refractivity (Wildman–Crippen MR) is 68.7 cm³/mol. The monoisotopic (exact) mass is 232 g/mol. The van der Waals surface area contributed by atoms with E-state index in [1.165, 1.54) is 6.92 Å². The molecule has 4 heteroatoms. The van der Waals surface area contributed by atoms with Gasteiger partial charge in [-0.1, -0.05) is 17.7 Å². The quantitative estimate of drug-likeness (QED) is 0.426. The average Bonchev–Trinajstić information content (AvgIpc) is 2.22. The molecule has 0 spiro atoms. The zero-order chi connectivity index (χ0) is 13.0. The highest BCUT2D eigenvalue weighted by Gasteiger charge is 2.11. The topological polar surface area (TPSA) is 73.2 Å². The number of amides is 1. The van der Waals surface area contributed by atoms with Crippen molar-refractivity contribution in [1.29, 1.82) is 5.41 Å². The summed E-state index contributed by atoms with van der Waals surface area (Å²) in [7, 11) is 0. The van der Waals surface area contributed by atoms with Crippen LogP contribution in [-0.2, 0) is 4.79 Å². The number of carbonyl (C=O) groups excluding carboxylic acids is 1. The van der Waals surface area contributed by atoms with Crippen LogP contribution in [0.3, 0.4) is 0 Å². The lowest BCUT2D eigenvalue weighted by molar-refractivity contribution is -0.112. The van der Waals surface area contributed by atoms with Crippen molar-refractivity contribution in [2.24, 2.45) is 0 Å². The molecule has 1 aromatic carbocycles. The van der Waals surface area contributed by atoms with Crippen LogP contribution in [0.5, 0.6) is 0 Å². The molecule has 0 aliphatic heterocycles. The van der Waals surface area contributed by atoms with Crippen molar-refractivity contribution < 1.29 is 9.90 Å². The van der Waals surface area contributed by atoms with Gasteiger partial charge in [-0.05, 0) is 32.4 Å². The Morgan fingerprint density at radius 2 is 2.06 bits per heavy atom. The first-order valence-corrected chi connectivity index (χ1v) is 5.24. The fraction of sp³-hybridized carbons (Fsp3) is 0.231. The first-order valence-electron chi connectivity index (χ1n) is 5.24. The number of aliphatic hydroxyl groups is 1. The van der Waals surface area contributed by atoms with Gasteiger partial charge in [0.1, 0.15) is 5.76 Å². The molecule has 90 valence electrons. The van der Waals surface area contributed by atoms with Crippen LogP contribution < -0.4 is 5.32 Å². The normalized spacial score (nSPS) is 11.7. The number of aryl methyl sites for hydroxylation is 2. The van der Waals surface area contributed by atoms with E-state index in [-0.39, 0.29) is 11.3 Å². The van der Waals surface area contributed by atoms with Crippen LogP contribution in [0.1, 0.15) is 18.1 Å². The van der Waals surface area contributed by atoms with Gasteiger partial charge < -0.3 is 15.8 Å². The second-order valence-electron chi connectivity index (χ2n) is 3.92. The molecule has 4 nitrogen and oxygen atoms in total. The molecule has 0 bridgehead atoms. The molecular formula is C13H16N2O2. The first kappa shape index (κ1) is 13.0. The maximum Gasteiger partial charge on any atom is 0.260 e. The van der Waals surface area contributed by atoms with Gasteiger partial charge in [-0.25, -0.2) is 0 Å². The fourth-order valence-corrected chi connectivity index (χ4v) is 1.48. The van der Waals surface area contributed by atoms with Gasteiger partial charge in [0.2, 0.25) is 0 Å². The van der Waals surface area contributed by atoms with Gasteiger partial charge in [0.15, 0.2) is 0 Å². The number of hydrogen-bond donors (Lipinski definition) is 3. The minimum atomic E-state index is -0.480. The Morgan fingerprint density at radius 1 is 1.41 bits per heavy atom. The minimum Gasteiger partial charge on any atom is -0.512 e.